The van der Waals surface area contributed by atoms with Gasteiger partial charge in [-0.05, 0) is 68.9 Å². The topological polar surface area (TPSA) is 88.7 Å². The molecule has 0 aliphatic rings. The van der Waals surface area contributed by atoms with Crippen LogP contribution in [0.2, 0.25) is 0 Å². The van der Waals surface area contributed by atoms with Gasteiger partial charge < -0.3 is 20.1 Å². The molecule has 0 spiro atoms. The number of nitrogens with one attached hydrogen (secondary N) is 3. The summed E-state index contributed by atoms with van der Waals surface area (Å²) in [5.74, 6) is 0.0544. The summed E-state index contributed by atoms with van der Waals surface area (Å²) in [6.07, 6.45) is 0.846. The SMILES string of the molecule is CCOCCOc1cccc(C(=O)NC(=S)Nc2cccc(C(=O)NC(C)CC)c2)c1. The Kier molecular flexibility index (Phi) is 9.93. The van der Waals surface area contributed by atoms with Gasteiger partial charge in [-0.15, -0.1) is 0 Å². The zero-order chi connectivity index (χ0) is 22.6. The second-order valence-corrected chi connectivity index (χ2v) is 7.25. The van der Waals surface area contributed by atoms with Crippen molar-refractivity contribution in [1.82, 2.24) is 10.6 Å². The average molecular weight is 444 g/mol. The van der Waals surface area contributed by atoms with Crippen molar-refractivity contribution in [2.75, 3.05) is 25.1 Å². The first kappa shape index (κ1) is 24.3. The van der Waals surface area contributed by atoms with Crippen LogP contribution in [-0.4, -0.2) is 42.8 Å². The predicted molar refractivity (Wildman–Crippen MR) is 126 cm³/mol. The van der Waals surface area contributed by atoms with Crippen molar-refractivity contribution in [1.29, 1.82) is 0 Å². The number of hydrogen-bond donors (Lipinski definition) is 3. The Morgan fingerprint density at radius 2 is 1.71 bits per heavy atom. The minimum atomic E-state index is -0.363. The fourth-order valence-corrected chi connectivity index (χ4v) is 2.79. The molecular formula is C23H29N3O4S. The monoisotopic (exact) mass is 443 g/mol. The Balaban J connectivity index is 1.93. The molecule has 0 heterocycles. The standard InChI is InChI=1S/C23H29N3O4S/c1-4-16(3)24-21(27)17-8-6-10-19(14-17)25-23(31)26-22(28)18-9-7-11-20(15-18)30-13-12-29-5-2/h6-11,14-16H,4-5,12-13H2,1-3H3,(H,24,27)(H2,25,26,28,31). The molecule has 166 valence electrons. The molecule has 7 nitrogen and oxygen atoms in total. The van der Waals surface area contributed by atoms with Crippen molar-refractivity contribution in [2.24, 2.45) is 0 Å². The number of anilines is 1. The number of ether oxygens (including phenoxy) is 2. The third-order valence-electron chi connectivity index (χ3n) is 4.40. The Hall–Kier alpha value is -2.97. The van der Waals surface area contributed by atoms with Crippen LogP contribution in [0, 0.1) is 0 Å². The highest BCUT2D eigenvalue weighted by Gasteiger charge is 2.12. The van der Waals surface area contributed by atoms with Gasteiger partial charge in [0.1, 0.15) is 12.4 Å². The number of benzene rings is 2. The van der Waals surface area contributed by atoms with E-state index in [0.717, 1.165) is 6.42 Å². The van der Waals surface area contributed by atoms with Crippen LogP contribution in [0.1, 0.15) is 47.9 Å². The lowest BCUT2D eigenvalue weighted by Gasteiger charge is -2.13. The van der Waals surface area contributed by atoms with Crippen LogP contribution in [0.5, 0.6) is 5.75 Å². The lowest BCUT2D eigenvalue weighted by Crippen LogP contribution is -2.34. The van der Waals surface area contributed by atoms with Gasteiger partial charge in [-0.25, -0.2) is 0 Å². The molecule has 0 bridgehead atoms. The summed E-state index contributed by atoms with van der Waals surface area (Å²) >= 11 is 5.25. The minimum absolute atomic E-state index is 0.0865. The number of thiocarbonyl (C=S) groups is 1. The Morgan fingerprint density at radius 1 is 1.00 bits per heavy atom. The normalized spacial score (nSPS) is 11.3. The van der Waals surface area contributed by atoms with E-state index in [1.165, 1.54) is 0 Å². The average Bonchev–Trinajstić information content (AvgIpc) is 2.76. The van der Waals surface area contributed by atoms with Gasteiger partial charge in [0.15, 0.2) is 5.11 Å². The van der Waals surface area contributed by atoms with E-state index in [9.17, 15) is 9.59 Å². The number of hydrogen-bond acceptors (Lipinski definition) is 5. The Morgan fingerprint density at radius 3 is 2.42 bits per heavy atom. The van der Waals surface area contributed by atoms with E-state index in [2.05, 4.69) is 16.0 Å². The van der Waals surface area contributed by atoms with E-state index in [1.807, 2.05) is 20.8 Å². The second kappa shape index (κ2) is 12.7. The van der Waals surface area contributed by atoms with Gasteiger partial charge in [-0.2, -0.15) is 0 Å². The van der Waals surface area contributed by atoms with Crippen molar-refractivity contribution >= 4 is 34.8 Å². The molecule has 0 radical (unpaired) electrons. The van der Waals surface area contributed by atoms with Gasteiger partial charge >= 0.3 is 0 Å². The number of rotatable bonds is 10. The van der Waals surface area contributed by atoms with Crippen LogP contribution in [-0.2, 0) is 4.74 Å². The molecule has 31 heavy (non-hydrogen) atoms. The fraction of sp³-hybridized carbons (Fsp3) is 0.348. The molecule has 2 aromatic carbocycles. The van der Waals surface area contributed by atoms with Crippen LogP contribution in [0.25, 0.3) is 0 Å². The van der Waals surface area contributed by atoms with Gasteiger partial charge in [0.2, 0.25) is 0 Å². The van der Waals surface area contributed by atoms with Crippen LogP contribution in [0.4, 0.5) is 5.69 Å². The van der Waals surface area contributed by atoms with Crippen molar-refractivity contribution in [2.45, 2.75) is 33.2 Å². The Labute approximate surface area is 188 Å². The van der Waals surface area contributed by atoms with E-state index in [1.54, 1.807) is 48.5 Å². The minimum Gasteiger partial charge on any atom is -0.491 e. The zero-order valence-electron chi connectivity index (χ0n) is 18.1. The van der Waals surface area contributed by atoms with Gasteiger partial charge in [-0.3, -0.25) is 14.9 Å². The molecule has 2 aromatic rings. The summed E-state index contributed by atoms with van der Waals surface area (Å²) < 4.78 is 10.8. The zero-order valence-corrected chi connectivity index (χ0v) is 18.9. The van der Waals surface area contributed by atoms with E-state index >= 15 is 0 Å². The summed E-state index contributed by atoms with van der Waals surface area (Å²) in [5, 5.41) is 8.63. The smallest absolute Gasteiger partial charge is 0.257 e. The van der Waals surface area contributed by atoms with E-state index in [0.29, 0.717) is 42.4 Å². The summed E-state index contributed by atoms with van der Waals surface area (Å²) in [4.78, 5) is 24.8. The highest BCUT2D eigenvalue weighted by molar-refractivity contribution is 7.80. The first-order chi connectivity index (χ1) is 14.9. The molecule has 0 aliphatic heterocycles. The summed E-state index contributed by atoms with van der Waals surface area (Å²) in [7, 11) is 0. The van der Waals surface area contributed by atoms with Crippen molar-refractivity contribution in [3.63, 3.8) is 0 Å². The van der Waals surface area contributed by atoms with E-state index in [4.69, 9.17) is 21.7 Å². The Bertz CT molecular complexity index is 904. The summed E-state index contributed by atoms with van der Waals surface area (Å²) in [5.41, 5.74) is 1.53. The summed E-state index contributed by atoms with van der Waals surface area (Å²) in [6, 6.07) is 13.8. The van der Waals surface area contributed by atoms with E-state index in [-0.39, 0.29) is 23.0 Å². The van der Waals surface area contributed by atoms with Gasteiger partial charge in [0.25, 0.3) is 11.8 Å². The highest BCUT2D eigenvalue weighted by Crippen LogP contribution is 2.14. The molecule has 0 fully saturated rings. The maximum atomic E-state index is 12.5. The summed E-state index contributed by atoms with van der Waals surface area (Å²) in [6.45, 7) is 7.38. The first-order valence-electron chi connectivity index (χ1n) is 10.3. The quantitative estimate of drug-likeness (QED) is 0.383. The van der Waals surface area contributed by atoms with Crippen molar-refractivity contribution in [3.8, 4) is 5.75 Å². The molecule has 0 aromatic heterocycles. The van der Waals surface area contributed by atoms with Crippen molar-refractivity contribution < 1.29 is 19.1 Å². The molecule has 8 heteroatoms. The second-order valence-electron chi connectivity index (χ2n) is 6.85. The van der Waals surface area contributed by atoms with Gasteiger partial charge in [0, 0.05) is 29.5 Å². The molecule has 1 unspecified atom stereocenters. The lowest BCUT2D eigenvalue weighted by atomic mass is 10.1. The first-order valence-corrected chi connectivity index (χ1v) is 10.7. The predicted octanol–water partition coefficient (Wildman–Crippen LogP) is 3.76. The maximum Gasteiger partial charge on any atom is 0.257 e. The molecule has 2 rings (SSSR count). The molecule has 0 aliphatic carbocycles. The largest absolute Gasteiger partial charge is 0.491 e. The maximum absolute atomic E-state index is 12.5. The number of carbonyl (C=O) groups excluding carboxylic acids is 2. The van der Waals surface area contributed by atoms with Crippen LogP contribution >= 0.6 is 12.2 Å². The molecule has 3 N–H and O–H groups in total. The highest BCUT2D eigenvalue weighted by atomic mass is 32.1. The van der Waals surface area contributed by atoms with Crippen LogP contribution in [0.15, 0.2) is 48.5 Å². The van der Waals surface area contributed by atoms with Gasteiger partial charge in [-0.1, -0.05) is 19.1 Å². The van der Waals surface area contributed by atoms with Crippen LogP contribution in [0.3, 0.4) is 0 Å². The molecule has 0 saturated heterocycles. The van der Waals surface area contributed by atoms with E-state index < -0.39 is 0 Å². The molecular weight excluding hydrogens is 414 g/mol. The fourth-order valence-electron chi connectivity index (χ4n) is 2.57. The lowest BCUT2D eigenvalue weighted by molar-refractivity contribution is 0.0937. The number of carbonyl (C=O) groups is 2. The third-order valence-corrected chi connectivity index (χ3v) is 4.60. The van der Waals surface area contributed by atoms with Crippen LogP contribution < -0.4 is 20.7 Å². The molecule has 0 saturated carbocycles. The molecule has 2 amide bonds. The third kappa shape index (κ3) is 8.35. The molecule has 1 atom stereocenters. The van der Waals surface area contributed by atoms with Gasteiger partial charge in [0.05, 0.1) is 6.61 Å². The van der Waals surface area contributed by atoms with Crippen molar-refractivity contribution in [3.05, 3.63) is 59.7 Å². The number of amides is 2.